The van der Waals surface area contributed by atoms with Crippen molar-refractivity contribution < 1.29 is 9.53 Å². The van der Waals surface area contributed by atoms with Gasteiger partial charge in [-0.05, 0) is 51.3 Å². The molecule has 0 saturated heterocycles. The maximum atomic E-state index is 12.0. The van der Waals surface area contributed by atoms with Gasteiger partial charge in [-0.15, -0.1) is 0 Å². The molecule has 0 aliphatic carbocycles. The summed E-state index contributed by atoms with van der Waals surface area (Å²) in [5, 5.41) is 2.91. The third-order valence-electron chi connectivity index (χ3n) is 2.93. The molecule has 0 fully saturated rings. The summed E-state index contributed by atoms with van der Waals surface area (Å²) in [5.74, 6) is -0.0606. The third-order valence-corrected chi connectivity index (χ3v) is 2.93. The van der Waals surface area contributed by atoms with Gasteiger partial charge in [-0.25, -0.2) is 0 Å². The molecule has 0 radical (unpaired) electrons. The van der Waals surface area contributed by atoms with E-state index < -0.39 is 0 Å². The molecule has 1 amide bonds. The SMILES string of the molecule is Cc1c(N)cccc1C(=O)NCCCCOC(C)C. The highest BCUT2D eigenvalue weighted by atomic mass is 16.5. The molecule has 0 bridgehead atoms. The van der Waals surface area contributed by atoms with Crippen LogP contribution in [0.25, 0.3) is 0 Å². The van der Waals surface area contributed by atoms with Gasteiger partial charge in [-0.3, -0.25) is 4.79 Å². The van der Waals surface area contributed by atoms with Crippen LogP contribution in [0.1, 0.15) is 42.6 Å². The van der Waals surface area contributed by atoms with Crippen molar-refractivity contribution >= 4 is 11.6 Å². The van der Waals surface area contributed by atoms with E-state index in [2.05, 4.69) is 5.32 Å². The first-order chi connectivity index (χ1) is 9.02. The van der Waals surface area contributed by atoms with Gasteiger partial charge in [-0.1, -0.05) is 6.07 Å². The van der Waals surface area contributed by atoms with Crippen LogP contribution in [0.3, 0.4) is 0 Å². The van der Waals surface area contributed by atoms with Crippen LogP contribution in [0.4, 0.5) is 5.69 Å². The van der Waals surface area contributed by atoms with Crippen molar-refractivity contribution in [3.63, 3.8) is 0 Å². The topological polar surface area (TPSA) is 64.4 Å². The molecule has 0 heterocycles. The Hall–Kier alpha value is -1.55. The minimum Gasteiger partial charge on any atom is -0.398 e. The standard InChI is InChI=1S/C15H24N2O2/c1-11(2)19-10-5-4-9-17-15(18)13-7-6-8-14(16)12(13)3/h6-8,11H,4-5,9-10,16H2,1-3H3,(H,17,18). The Bertz CT molecular complexity index is 417. The summed E-state index contributed by atoms with van der Waals surface area (Å²) in [6, 6.07) is 5.39. The summed E-state index contributed by atoms with van der Waals surface area (Å²) >= 11 is 0. The van der Waals surface area contributed by atoms with Crippen LogP contribution in [-0.4, -0.2) is 25.2 Å². The average molecular weight is 264 g/mol. The van der Waals surface area contributed by atoms with Crippen molar-refractivity contribution in [1.82, 2.24) is 5.32 Å². The highest BCUT2D eigenvalue weighted by Gasteiger charge is 2.09. The van der Waals surface area contributed by atoms with Gasteiger partial charge in [-0.2, -0.15) is 0 Å². The largest absolute Gasteiger partial charge is 0.398 e. The lowest BCUT2D eigenvalue weighted by Crippen LogP contribution is -2.25. The van der Waals surface area contributed by atoms with E-state index in [1.807, 2.05) is 20.8 Å². The van der Waals surface area contributed by atoms with Crippen molar-refractivity contribution in [2.45, 2.75) is 39.7 Å². The molecule has 0 aromatic heterocycles. The van der Waals surface area contributed by atoms with Gasteiger partial charge in [0, 0.05) is 24.4 Å². The minimum atomic E-state index is -0.0606. The fourth-order valence-electron chi connectivity index (χ4n) is 1.74. The molecular weight excluding hydrogens is 240 g/mol. The van der Waals surface area contributed by atoms with E-state index >= 15 is 0 Å². The van der Waals surface area contributed by atoms with Gasteiger partial charge in [0.05, 0.1) is 6.10 Å². The van der Waals surface area contributed by atoms with Crippen LogP contribution in [-0.2, 0) is 4.74 Å². The molecule has 4 heteroatoms. The smallest absolute Gasteiger partial charge is 0.251 e. The number of nitrogens with two attached hydrogens (primary N) is 1. The number of unbranched alkanes of at least 4 members (excludes halogenated alkanes) is 1. The number of hydrogen-bond acceptors (Lipinski definition) is 3. The molecule has 0 aliphatic rings. The summed E-state index contributed by atoms with van der Waals surface area (Å²) in [6.45, 7) is 7.30. The molecule has 19 heavy (non-hydrogen) atoms. The summed E-state index contributed by atoms with van der Waals surface area (Å²) in [7, 11) is 0. The average Bonchev–Trinajstić information content (AvgIpc) is 2.36. The number of ether oxygens (including phenoxy) is 1. The normalized spacial score (nSPS) is 10.7. The summed E-state index contributed by atoms with van der Waals surface area (Å²) < 4.78 is 5.44. The van der Waals surface area contributed by atoms with E-state index in [0.717, 1.165) is 25.0 Å². The van der Waals surface area contributed by atoms with Gasteiger partial charge in [0.1, 0.15) is 0 Å². The highest BCUT2D eigenvalue weighted by molar-refractivity contribution is 5.96. The fraction of sp³-hybridized carbons (Fsp3) is 0.533. The maximum absolute atomic E-state index is 12.0. The second kappa shape index (κ2) is 7.79. The van der Waals surface area contributed by atoms with Crippen molar-refractivity contribution in [2.24, 2.45) is 0 Å². The lowest BCUT2D eigenvalue weighted by atomic mass is 10.1. The van der Waals surface area contributed by atoms with Crippen molar-refractivity contribution in [3.8, 4) is 0 Å². The number of amides is 1. The summed E-state index contributed by atoms with van der Waals surface area (Å²) in [6.07, 6.45) is 2.14. The van der Waals surface area contributed by atoms with Crippen LogP contribution in [0.15, 0.2) is 18.2 Å². The monoisotopic (exact) mass is 264 g/mol. The lowest BCUT2D eigenvalue weighted by Gasteiger charge is -2.10. The zero-order valence-corrected chi connectivity index (χ0v) is 12.0. The Kier molecular flexibility index (Phi) is 6.36. The highest BCUT2D eigenvalue weighted by Crippen LogP contribution is 2.15. The molecule has 0 spiro atoms. The zero-order valence-electron chi connectivity index (χ0n) is 12.0. The minimum absolute atomic E-state index is 0.0606. The maximum Gasteiger partial charge on any atom is 0.251 e. The second-order valence-electron chi connectivity index (χ2n) is 4.90. The first-order valence-electron chi connectivity index (χ1n) is 6.77. The van der Waals surface area contributed by atoms with Crippen molar-refractivity contribution in [1.29, 1.82) is 0 Å². The first-order valence-corrected chi connectivity index (χ1v) is 6.77. The van der Waals surface area contributed by atoms with E-state index in [1.54, 1.807) is 18.2 Å². The quantitative estimate of drug-likeness (QED) is 0.587. The molecule has 0 atom stereocenters. The van der Waals surface area contributed by atoms with E-state index in [-0.39, 0.29) is 12.0 Å². The van der Waals surface area contributed by atoms with Gasteiger partial charge < -0.3 is 15.8 Å². The molecule has 4 nitrogen and oxygen atoms in total. The fourth-order valence-corrected chi connectivity index (χ4v) is 1.74. The van der Waals surface area contributed by atoms with Crippen LogP contribution in [0.2, 0.25) is 0 Å². The Labute approximate surface area is 115 Å². The third kappa shape index (κ3) is 5.30. The number of anilines is 1. The second-order valence-corrected chi connectivity index (χ2v) is 4.90. The number of carbonyl (C=O) groups excluding carboxylic acids is 1. The first kappa shape index (κ1) is 15.5. The van der Waals surface area contributed by atoms with Crippen molar-refractivity contribution in [2.75, 3.05) is 18.9 Å². The molecule has 0 aliphatic heterocycles. The molecular formula is C15H24N2O2. The molecule has 1 rings (SSSR count). The predicted molar refractivity (Wildman–Crippen MR) is 78.2 cm³/mol. The Morgan fingerprint density at radius 1 is 1.37 bits per heavy atom. The van der Waals surface area contributed by atoms with Gasteiger partial charge in [0.25, 0.3) is 5.91 Å². The molecule has 0 unspecified atom stereocenters. The van der Waals surface area contributed by atoms with E-state index in [4.69, 9.17) is 10.5 Å². The predicted octanol–water partition coefficient (Wildman–Crippen LogP) is 2.51. The Morgan fingerprint density at radius 2 is 2.11 bits per heavy atom. The van der Waals surface area contributed by atoms with Crippen molar-refractivity contribution in [3.05, 3.63) is 29.3 Å². The molecule has 3 N–H and O–H groups in total. The molecule has 1 aromatic carbocycles. The van der Waals surface area contributed by atoms with Crippen LogP contribution < -0.4 is 11.1 Å². The number of nitrogen functional groups attached to an aromatic ring is 1. The lowest BCUT2D eigenvalue weighted by molar-refractivity contribution is 0.0754. The van der Waals surface area contributed by atoms with E-state index in [0.29, 0.717) is 17.8 Å². The Morgan fingerprint density at radius 3 is 2.79 bits per heavy atom. The molecule has 1 aromatic rings. The van der Waals surface area contributed by atoms with Crippen LogP contribution in [0, 0.1) is 6.92 Å². The van der Waals surface area contributed by atoms with E-state index in [1.165, 1.54) is 0 Å². The summed E-state index contributed by atoms with van der Waals surface area (Å²) in [5.41, 5.74) is 7.92. The van der Waals surface area contributed by atoms with Gasteiger partial charge in [0.15, 0.2) is 0 Å². The van der Waals surface area contributed by atoms with Gasteiger partial charge in [0.2, 0.25) is 0 Å². The number of carbonyl (C=O) groups is 1. The van der Waals surface area contributed by atoms with E-state index in [9.17, 15) is 4.79 Å². The zero-order chi connectivity index (χ0) is 14.3. The van der Waals surface area contributed by atoms with Crippen LogP contribution in [0.5, 0.6) is 0 Å². The number of hydrogen-bond donors (Lipinski definition) is 2. The molecule has 0 saturated carbocycles. The summed E-state index contributed by atoms with van der Waals surface area (Å²) in [4.78, 5) is 12.0. The number of nitrogens with one attached hydrogen (secondary N) is 1. The molecule has 106 valence electrons. The van der Waals surface area contributed by atoms with Gasteiger partial charge >= 0.3 is 0 Å². The van der Waals surface area contributed by atoms with Crippen LogP contribution >= 0.6 is 0 Å². The number of benzene rings is 1. The number of rotatable bonds is 7. The Balaban J connectivity index is 2.30.